The van der Waals surface area contributed by atoms with Gasteiger partial charge in [0.2, 0.25) is 11.6 Å². The minimum absolute atomic E-state index is 0.156. The van der Waals surface area contributed by atoms with Crippen molar-refractivity contribution >= 4 is 34.5 Å². The van der Waals surface area contributed by atoms with Crippen molar-refractivity contribution in [3.05, 3.63) is 68.5 Å². The molecule has 0 unspecified atom stereocenters. The number of ether oxygens (including phenoxy) is 1. The van der Waals surface area contributed by atoms with Crippen LogP contribution >= 0.6 is 22.9 Å². The van der Waals surface area contributed by atoms with Crippen LogP contribution in [0.3, 0.4) is 0 Å². The first-order chi connectivity index (χ1) is 12.9. The normalized spacial score (nSPS) is 12.6. The predicted molar refractivity (Wildman–Crippen MR) is 96.8 cm³/mol. The van der Waals surface area contributed by atoms with E-state index in [-0.39, 0.29) is 10.0 Å². The smallest absolute Gasteiger partial charge is 0.243 e. The van der Waals surface area contributed by atoms with Gasteiger partial charge in [0, 0.05) is 22.9 Å². The fourth-order valence-corrected chi connectivity index (χ4v) is 4.05. The van der Waals surface area contributed by atoms with Crippen molar-refractivity contribution in [1.29, 1.82) is 0 Å². The summed E-state index contributed by atoms with van der Waals surface area (Å²) in [5.74, 6) is -3.24. The number of rotatable bonds is 3. The number of aromatic nitrogens is 1. The number of Topliss-reactive ketones (excluding diaryl/α,β-unsaturated/α-hetero) is 2. The van der Waals surface area contributed by atoms with Gasteiger partial charge < -0.3 is 4.74 Å². The molecule has 0 saturated carbocycles. The average Bonchev–Trinajstić information content (AvgIpc) is 2.98. The Bertz CT molecular complexity index is 1100. The first-order valence-electron chi connectivity index (χ1n) is 7.90. The van der Waals surface area contributed by atoms with E-state index in [1.165, 1.54) is 0 Å². The molecule has 1 aliphatic heterocycles. The zero-order valence-corrected chi connectivity index (χ0v) is 15.2. The van der Waals surface area contributed by atoms with Crippen molar-refractivity contribution < 1.29 is 23.1 Å². The molecule has 2 aromatic heterocycles. The number of hydrogen-bond acceptors (Lipinski definition) is 5. The van der Waals surface area contributed by atoms with Crippen molar-refractivity contribution in [3.8, 4) is 17.0 Å². The molecule has 0 fully saturated rings. The third-order valence-electron chi connectivity index (χ3n) is 4.08. The lowest BCUT2D eigenvalue weighted by Gasteiger charge is -2.06. The van der Waals surface area contributed by atoms with Crippen LogP contribution in [0, 0.1) is 11.6 Å². The highest BCUT2D eigenvalue weighted by Crippen LogP contribution is 2.39. The molecule has 0 radical (unpaired) electrons. The number of benzene rings is 1. The Hall–Kier alpha value is -2.64. The minimum atomic E-state index is -1.07. The molecular formula is C19H10ClF2NO3S. The summed E-state index contributed by atoms with van der Waals surface area (Å²) in [6, 6.07) is 7.31. The van der Waals surface area contributed by atoms with E-state index in [0.717, 1.165) is 28.3 Å². The highest BCUT2D eigenvalue weighted by atomic mass is 35.5. The van der Waals surface area contributed by atoms with Gasteiger partial charge in [0.15, 0.2) is 0 Å². The molecule has 136 valence electrons. The molecule has 3 aromatic rings. The Kier molecular flexibility index (Phi) is 4.49. The first kappa shape index (κ1) is 17.8. The van der Waals surface area contributed by atoms with Crippen LogP contribution in [0.4, 0.5) is 8.78 Å². The van der Waals surface area contributed by atoms with Crippen LogP contribution < -0.4 is 4.74 Å². The maximum atomic E-state index is 13.8. The summed E-state index contributed by atoms with van der Waals surface area (Å²) in [5.41, 5.74) is 0.686. The third kappa shape index (κ3) is 3.24. The van der Waals surface area contributed by atoms with Crippen molar-refractivity contribution in [1.82, 2.24) is 4.98 Å². The van der Waals surface area contributed by atoms with E-state index in [4.69, 9.17) is 16.3 Å². The monoisotopic (exact) mass is 405 g/mol. The van der Waals surface area contributed by atoms with Crippen molar-refractivity contribution in [3.63, 3.8) is 0 Å². The van der Waals surface area contributed by atoms with Gasteiger partial charge in [-0.15, -0.1) is 11.3 Å². The quantitative estimate of drug-likeness (QED) is 0.359. The Morgan fingerprint density at radius 2 is 1.93 bits per heavy atom. The average molecular weight is 406 g/mol. The lowest BCUT2D eigenvalue weighted by molar-refractivity contribution is 0.0816. The number of ketones is 2. The van der Waals surface area contributed by atoms with E-state index >= 15 is 0 Å². The van der Waals surface area contributed by atoms with Gasteiger partial charge in [-0.3, -0.25) is 9.59 Å². The molecule has 0 bridgehead atoms. The summed E-state index contributed by atoms with van der Waals surface area (Å²) in [7, 11) is 0. The van der Waals surface area contributed by atoms with E-state index in [9.17, 15) is 18.4 Å². The highest BCUT2D eigenvalue weighted by Gasteiger charge is 2.27. The fourth-order valence-electron chi connectivity index (χ4n) is 2.82. The minimum Gasteiger partial charge on any atom is -0.491 e. The van der Waals surface area contributed by atoms with Gasteiger partial charge in [-0.1, -0.05) is 11.6 Å². The van der Waals surface area contributed by atoms with E-state index in [2.05, 4.69) is 4.98 Å². The Labute approximate surface area is 161 Å². The second-order valence-corrected chi connectivity index (χ2v) is 7.33. The van der Waals surface area contributed by atoms with Gasteiger partial charge in [0.05, 0.1) is 17.0 Å². The maximum absolute atomic E-state index is 13.8. The molecule has 4 rings (SSSR count). The molecule has 27 heavy (non-hydrogen) atoms. The summed E-state index contributed by atoms with van der Waals surface area (Å²) in [6.45, 7) is 0.387. The fraction of sp³-hybridized carbons (Fsp3) is 0.105. The zero-order chi connectivity index (χ0) is 19.1. The van der Waals surface area contributed by atoms with Crippen molar-refractivity contribution in [2.24, 2.45) is 0 Å². The van der Waals surface area contributed by atoms with E-state index in [1.54, 1.807) is 18.2 Å². The standard InChI is InChI=1S/C19H10ClF2NO3S/c20-16-4-3-13-17(23-16)11-8-15(27-14(11)5-6-26-13)19(25)18(24)10-2-1-9(21)7-12(10)22/h1-4,7-8H,5-6H2. The lowest BCUT2D eigenvalue weighted by Crippen LogP contribution is -2.15. The number of hydrogen-bond donors (Lipinski definition) is 0. The maximum Gasteiger partial charge on any atom is 0.243 e. The number of nitrogens with zero attached hydrogens (tertiary/aromatic N) is 1. The Morgan fingerprint density at radius 1 is 1.11 bits per heavy atom. The third-order valence-corrected chi connectivity index (χ3v) is 5.48. The summed E-state index contributed by atoms with van der Waals surface area (Å²) < 4.78 is 32.5. The van der Waals surface area contributed by atoms with Crippen LogP contribution in [0.15, 0.2) is 36.4 Å². The number of carbonyl (C=O) groups excluding carboxylic acids is 2. The molecule has 0 atom stereocenters. The van der Waals surface area contributed by atoms with Crippen LogP contribution in [-0.4, -0.2) is 23.2 Å². The van der Waals surface area contributed by atoms with Gasteiger partial charge in [-0.25, -0.2) is 13.8 Å². The van der Waals surface area contributed by atoms with Gasteiger partial charge in [-0.05, 0) is 30.3 Å². The number of fused-ring (bicyclic) bond motifs is 3. The largest absolute Gasteiger partial charge is 0.491 e. The second-order valence-electron chi connectivity index (χ2n) is 5.81. The predicted octanol–water partition coefficient (Wildman–Crippen LogP) is 4.74. The van der Waals surface area contributed by atoms with Crippen LogP contribution in [0.1, 0.15) is 24.9 Å². The summed E-state index contributed by atoms with van der Waals surface area (Å²) >= 11 is 7.10. The summed E-state index contributed by atoms with van der Waals surface area (Å²) in [6.07, 6.45) is 0.528. The molecular weight excluding hydrogens is 396 g/mol. The second kappa shape index (κ2) is 6.83. The van der Waals surface area contributed by atoms with E-state index < -0.39 is 28.8 Å². The summed E-state index contributed by atoms with van der Waals surface area (Å²) in [4.78, 5) is 30.2. The first-order valence-corrected chi connectivity index (χ1v) is 9.10. The van der Waals surface area contributed by atoms with Crippen molar-refractivity contribution in [2.45, 2.75) is 6.42 Å². The molecule has 8 heteroatoms. The van der Waals surface area contributed by atoms with Gasteiger partial charge in [0.25, 0.3) is 0 Å². The molecule has 0 N–H and O–H groups in total. The molecule has 0 aliphatic carbocycles. The van der Waals surface area contributed by atoms with Crippen LogP contribution in [0.5, 0.6) is 5.75 Å². The van der Waals surface area contributed by atoms with Gasteiger partial charge >= 0.3 is 0 Å². The number of pyridine rings is 1. The molecule has 0 spiro atoms. The van der Waals surface area contributed by atoms with Crippen LogP contribution in [0.2, 0.25) is 5.15 Å². The van der Waals surface area contributed by atoms with Gasteiger partial charge in [0.1, 0.15) is 28.2 Å². The number of thiophene rings is 1. The SMILES string of the molecule is O=C(C(=O)c1ccc(F)cc1F)c1cc2c(s1)CCOc1ccc(Cl)nc1-2. The molecule has 1 aromatic carbocycles. The Morgan fingerprint density at radius 3 is 2.70 bits per heavy atom. The number of carbonyl (C=O) groups is 2. The lowest BCUT2D eigenvalue weighted by atomic mass is 10.0. The highest BCUT2D eigenvalue weighted by molar-refractivity contribution is 7.15. The molecule has 1 aliphatic rings. The van der Waals surface area contributed by atoms with Crippen LogP contribution in [0.25, 0.3) is 11.3 Å². The molecule has 0 saturated heterocycles. The molecule has 4 nitrogen and oxygen atoms in total. The van der Waals surface area contributed by atoms with Gasteiger partial charge in [-0.2, -0.15) is 0 Å². The van der Waals surface area contributed by atoms with Crippen LogP contribution in [-0.2, 0) is 6.42 Å². The Balaban J connectivity index is 1.74. The molecule has 0 amide bonds. The van der Waals surface area contributed by atoms with E-state index in [1.807, 2.05) is 0 Å². The van der Waals surface area contributed by atoms with E-state index in [0.29, 0.717) is 36.1 Å². The zero-order valence-electron chi connectivity index (χ0n) is 13.6. The molecule has 3 heterocycles. The summed E-state index contributed by atoms with van der Waals surface area (Å²) in [5, 5.41) is 0.272. The number of halogens is 3. The topological polar surface area (TPSA) is 56.3 Å². The van der Waals surface area contributed by atoms with Crippen molar-refractivity contribution in [2.75, 3.05) is 6.61 Å².